The molecule has 2 aromatic rings. The van der Waals surface area contributed by atoms with Gasteiger partial charge in [-0.05, 0) is 43.2 Å². The third kappa shape index (κ3) is 3.12. The first-order chi connectivity index (χ1) is 11.4. The number of hydrogen-bond acceptors (Lipinski definition) is 2. The van der Waals surface area contributed by atoms with Gasteiger partial charge in [0.2, 0.25) is 11.8 Å². The van der Waals surface area contributed by atoms with Crippen LogP contribution in [0.4, 0.5) is 11.4 Å². The van der Waals surface area contributed by atoms with Crippen LogP contribution in [0.3, 0.4) is 0 Å². The van der Waals surface area contributed by atoms with Crippen molar-refractivity contribution in [3.8, 4) is 0 Å². The Bertz CT molecular complexity index is 789. The molecule has 4 nitrogen and oxygen atoms in total. The number of anilines is 2. The van der Waals surface area contributed by atoms with E-state index >= 15 is 0 Å². The second-order valence-corrected chi connectivity index (χ2v) is 6.70. The van der Waals surface area contributed by atoms with E-state index in [4.69, 9.17) is 23.2 Å². The summed E-state index contributed by atoms with van der Waals surface area (Å²) < 4.78 is 0. The molecule has 0 radical (unpaired) electrons. The Morgan fingerprint density at radius 1 is 1.08 bits per heavy atom. The number of rotatable bonds is 4. The van der Waals surface area contributed by atoms with E-state index in [0.717, 1.165) is 5.69 Å². The zero-order valence-corrected chi connectivity index (χ0v) is 14.6. The Hall–Kier alpha value is -2.04. The lowest BCUT2D eigenvalue weighted by Gasteiger charge is -2.23. The van der Waals surface area contributed by atoms with Crippen molar-refractivity contribution in [2.45, 2.75) is 12.8 Å². The summed E-state index contributed by atoms with van der Waals surface area (Å²) in [6.45, 7) is 0. The van der Waals surface area contributed by atoms with Crippen LogP contribution in [0.15, 0.2) is 48.5 Å². The molecule has 0 unspecified atom stereocenters. The Balaban J connectivity index is 1.78. The van der Waals surface area contributed by atoms with Crippen LogP contribution in [0, 0.1) is 5.41 Å². The molecular weight excluding hydrogens is 347 g/mol. The van der Waals surface area contributed by atoms with Gasteiger partial charge in [-0.3, -0.25) is 9.59 Å². The van der Waals surface area contributed by atoms with Gasteiger partial charge in [0, 0.05) is 17.8 Å². The average molecular weight is 363 g/mol. The third-order valence-electron chi connectivity index (χ3n) is 4.22. The van der Waals surface area contributed by atoms with Gasteiger partial charge in [0.25, 0.3) is 0 Å². The second-order valence-electron chi connectivity index (χ2n) is 5.86. The Morgan fingerprint density at radius 2 is 1.75 bits per heavy atom. The summed E-state index contributed by atoms with van der Waals surface area (Å²) in [4.78, 5) is 27.0. The van der Waals surface area contributed by atoms with Crippen molar-refractivity contribution in [2.75, 3.05) is 17.3 Å². The number of para-hydroxylation sites is 1. The van der Waals surface area contributed by atoms with Gasteiger partial charge in [-0.25, -0.2) is 0 Å². The highest BCUT2D eigenvalue weighted by atomic mass is 35.5. The molecule has 1 saturated carbocycles. The van der Waals surface area contributed by atoms with Crippen LogP contribution < -0.4 is 10.2 Å². The molecule has 0 spiro atoms. The molecule has 2 aromatic carbocycles. The van der Waals surface area contributed by atoms with E-state index in [0.29, 0.717) is 28.6 Å². The van der Waals surface area contributed by atoms with Gasteiger partial charge in [-0.15, -0.1) is 0 Å². The summed E-state index contributed by atoms with van der Waals surface area (Å²) >= 11 is 11.9. The molecule has 0 heterocycles. The maximum atomic E-state index is 12.8. The molecule has 1 N–H and O–H groups in total. The first-order valence-corrected chi connectivity index (χ1v) is 8.29. The molecule has 0 aromatic heterocycles. The minimum Gasteiger partial charge on any atom is -0.324 e. The van der Waals surface area contributed by atoms with Gasteiger partial charge in [-0.1, -0.05) is 41.4 Å². The number of carbonyl (C=O) groups is 2. The van der Waals surface area contributed by atoms with E-state index in [-0.39, 0.29) is 11.8 Å². The summed E-state index contributed by atoms with van der Waals surface area (Å²) in [6.07, 6.45) is 1.06. The van der Waals surface area contributed by atoms with Crippen molar-refractivity contribution >= 4 is 46.4 Å². The summed E-state index contributed by atoms with van der Waals surface area (Å²) in [5.74, 6) is -0.546. The van der Waals surface area contributed by atoms with Crippen LogP contribution in [-0.4, -0.2) is 18.9 Å². The molecule has 0 aliphatic heterocycles. The SMILES string of the molecule is CN(C(=O)C1(C(=O)Nc2ccc(Cl)cc2Cl)CC1)c1ccccc1. The first-order valence-electron chi connectivity index (χ1n) is 7.54. The van der Waals surface area contributed by atoms with E-state index in [1.165, 1.54) is 4.90 Å². The maximum Gasteiger partial charge on any atom is 0.242 e. The highest BCUT2D eigenvalue weighted by molar-refractivity contribution is 6.37. The van der Waals surface area contributed by atoms with Crippen LogP contribution in [0.1, 0.15) is 12.8 Å². The zero-order valence-electron chi connectivity index (χ0n) is 13.1. The molecule has 0 atom stereocenters. The van der Waals surface area contributed by atoms with E-state index in [1.54, 1.807) is 25.2 Å². The highest BCUT2D eigenvalue weighted by Crippen LogP contribution is 2.48. The fraction of sp³-hybridized carbons (Fsp3) is 0.222. The number of benzene rings is 2. The fourth-order valence-electron chi connectivity index (χ4n) is 2.59. The Kier molecular flexibility index (Phi) is 4.52. The van der Waals surface area contributed by atoms with E-state index in [9.17, 15) is 9.59 Å². The Morgan fingerprint density at radius 3 is 2.33 bits per heavy atom. The molecule has 1 aliphatic carbocycles. The van der Waals surface area contributed by atoms with E-state index in [1.807, 2.05) is 30.3 Å². The van der Waals surface area contributed by atoms with Crippen molar-refractivity contribution in [1.29, 1.82) is 0 Å². The largest absolute Gasteiger partial charge is 0.324 e. The predicted molar refractivity (Wildman–Crippen MR) is 96.6 cm³/mol. The molecule has 6 heteroatoms. The molecule has 1 aliphatic rings. The van der Waals surface area contributed by atoms with Gasteiger partial charge < -0.3 is 10.2 Å². The number of halogens is 2. The third-order valence-corrected chi connectivity index (χ3v) is 4.77. The fourth-order valence-corrected chi connectivity index (χ4v) is 3.04. The zero-order chi connectivity index (χ0) is 17.3. The van der Waals surface area contributed by atoms with Gasteiger partial charge in [0.15, 0.2) is 0 Å². The smallest absolute Gasteiger partial charge is 0.242 e. The van der Waals surface area contributed by atoms with Gasteiger partial charge in [0.05, 0.1) is 10.7 Å². The van der Waals surface area contributed by atoms with Crippen LogP contribution in [-0.2, 0) is 9.59 Å². The predicted octanol–water partition coefficient (Wildman–Crippen LogP) is 4.38. The summed E-state index contributed by atoms with van der Waals surface area (Å²) in [5.41, 5.74) is 0.187. The Labute approximate surface area is 150 Å². The van der Waals surface area contributed by atoms with Gasteiger partial charge in [-0.2, -0.15) is 0 Å². The van der Waals surface area contributed by atoms with Crippen molar-refractivity contribution in [3.63, 3.8) is 0 Å². The number of nitrogens with zero attached hydrogens (tertiary/aromatic N) is 1. The molecule has 0 bridgehead atoms. The number of amides is 2. The summed E-state index contributed by atoms with van der Waals surface area (Å²) in [6, 6.07) is 14.1. The quantitative estimate of drug-likeness (QED) is 0.820. The van der Waals surface area contributed by atoms with Gasteiger partial charge in [0.1, 0.15) is 5.41 Å². The van der Waals surface area contributed by atoms with Crippen molar-refractivity contribution < 1.29 is 9.59 Å². The lowest BCUT2D eigenvalue weighted by molar-refractivity contribution is -0.132. The maximum absolute atomic E-state index is 12.8. The minimum absolute atomic E-state index is 0.212. The molecule has 1 fully saturated rings. The monoisotopic (exact) mass is 362 g/mol. The number of nitrogens with one attached hydrogen (secondary N) is 1. The summed E-state index contributed by atoms with van der Waals surface area (Å²) in [5, 5.41) is 3.58. The van der Waals surface area contributed by atoms with Crippen LogP contribution in [0.2, 0.25) is 10.0 Å². The van der Waals surface area contributed by atoms with Gasteiger partial charge >= 0.3 is 0 Å². The van der Waals surface area contributed by atoms with Crippen molar-refractivity contribution in [2.24, 2.45) is 5.41 Å². The molecule has 124 valence electrons. The molecule has 3 rings (SSSR count). The average Bonchev–Trinajstić information content (AvgIpc) is 3.38. The lowest BCUT2D eigenvalue weighted by atomic mass is 10.0. The van der Waals surface area contributed by atoms with Crippen LogP contribution in [0.5, 0.6) is 0 Å². The standard InChI is InChI=1S/C18H16Cl2N2O2/c1-22(13-5-3-2-4-6-13)17(24)18(9-10-18)16(23)21-15-8-7-12(19)11-14(15)20/h2-8,11H,9-10H2,1H3,(H,21,23). The first kappa shape index (κ1) is 16.8. The van der Waals surface area contributed by atoms with Crippen molar-refractivity contribution in [3.05, 3.63) is 58.6 Å². The number of hydrogen-bond donors (Lipinski definition) is 1. The highest BCUT2D eigenvalue weighted by Gasteiger charge is 2.57. The minimum atomic E-state index is -1.02. The molecule has 24 heavy (non-hydrogen) atoms. The summed E-state index contributed by atoms with van der Waals surface area (Å²) in [7, 11) is 1.68. The van der Waals surface area contributed by atoms with Crippen molar-refractivity contribution in [1.82, 2.24) is 0 Å². The van der Waals surface area contributed by atoms with Crippen LogP contribution in [0.25, 0.3) is 0 Å². The van der Waals surface area contributed by atoms with E-state index < -0.39 is 5.41 Å². The normalized spacial score (nSPS) is 14.8. The topological polar surface area (TPSA) is 49.4 Å². The number of carbonyl (C=O) groups excluding carboxylic acids is 2. The lowest BCUT2D eigenvalue weighted by Crippen LogP contribution is -2.41. The van der Waals surface area contributed by atoms with Crippen LogP contribution >= 0.6 is 23.2 Å². The van der Waals surface area contributed by atoms with E-state index in [2.05, 4.69) is 5.32 Å². The molecule has 0 saturated heterocycles. The molecular formula is C18H16Cl2N2O2. The molecule has 2 amide bonds. The second kappa shape index (κ2) is 6.46.